The van der Waals surface area contributed by atoms with Crippen molar-refractivity contribution >= 4 is 17.5 Å². The highest BCUT2D eigenvalue weighted by Crippen LogP contribution is 2.29. The second kappa shape index (κ2) is 5.31. The predicted octanol–water partition coefficient (Wildman–Crippen LogP) is 1.73. The van der Waals surface area contributed by atoms with E-state index in [0.29, 0.717) is 12.1 Å². The first kappa shape index (κ1) is 12.8. The third-order valence-electron chi connectivity index (χ3n) is 3.24. The molecule has 0 saturated carbocycles. The van der Waals surface area contributed by atoms with E-state index in [0.717, 1.165) is 6.42 Å². The van der Waals surface area contributed by atoms with Crippen molar-refractivity contribution in [1.29, 1.82) is 0 Å². The van der Waals surface area contributed by atoms with Gasteiger partial charge in [0.2, 0.25) is 11.8 Å². The summed E-state index contributed by atoms with van der Waals surface area (Å²) >= 11 is 0. The molecule has 0 aliphatic carbocycles. The van der Waals surface area contributed by atoms with Crippen molar-refractivity contribution in [3.63, 3.8) is 0 Å². The minimum absolute atomic E-state index is 0.106. The van der Waals surface area contributed by atoms with Crippen LogP contribution in [-0.2, 0) is 9.59 Å². The minimum atomic E-state index is -0.722. The summed E-state index contributed by atoms with van der Waals surface area (Å²) in [6.07, 6.45) is 0.728. The number of para-hydroxylation sites is 1. The molecule has 0 unspecified atom stereocenters. The van der Waals surface area contributed by atoms with Gasteiger partial charge in [0.05, 0.1) is 17.7 Å². The molecule has 4 nitrogen and oxygen atoms in total. The number of imide groups is 1. The maximum absolute atomic E-state index is 12.2. The summed E-state index contributed by atoms with van der Waals surface area (Å²) in [5.41, 5.74) is 0.582. The highest BCUT2D eigenvalue weighted by molar-refractivity contribution is 6.21. The van der Waals surface area contributed by atoms with E-state index in [4.69, 9.17) is 0 Å². The number of nitrogens with zero attached hydrogens (tertiary/aromatic N) is 1. The molecule has 0 spiro atoms. The molecule has 1 saturated heterocycles. The average molecular weight is 247 g/mol. The van der Waals surface area contributed by atoms with Gasteiger partial charge in [-0.3, -0.25) is 14.5 Å². The minimum Gasteiger partial charge on any atom is -0.392 e. The van der Waals surface area contributed by atoms with Gasteiger partial charge in [-0.05, 0) is 18.6 Å². The van der Waals surface area contributed by atoms with Crippen LogP contribution in [0.5, 0.6) is 0 Å². The Bertz CT molecular complexity index is 444. The molecule has 0 bridgehead atoms. The van der Waals surface area contributed by atoms with Crippen LogP contribution < -0.4 is 4.90 Å². The third-order valence-corrected chi connectivity index (χ3v) is 3.24. The van der Waals surface area contributed by atoms with Crippen molar-refractivity contribution in [3.8, 4) is 0 Å². The summed E-state index contributed by atoms with van der Waals surface area (Å²) in [6.45, 7) is 1.94. The number of hydrogen-bond acceptors (Lipinski definition) is 3. The van der Waals surface area contributed by atoms with Crippen LogP contribution >= 0.6 is 0 Å². The molecule has 2 amide bonds. The molecule has 1 N–H and O–H groups in total. The summed E-state index contributed by atoms with van der Waals surface area (Å²) in [4.78, 5) is 25.3. The van der Waals surface area contributed by atoms with Crippen molar-refractivity contribution in [2.24, 2.45) is 5.92 Å². The first-order chi connectivity index (χ1) is 8.65. The zero-order valence-corrected chi connectivity index (χ0v) is 10.4. The molecular weight excluding hydrogens is 230 g/mol. The Balaban J connectivity index is 2.20. The molecule has 4 heteroatoms. The number of benzene rings is 1. The van der Waals surface area contributed by atoms with Gasteiger partial charge in [-0.25, -0.2) is 0 Å². The van der Waals surface area contributed by atoms with E-state index in [1.807, 2.05) is 13.0 Å². The smallest absolute Gasteiger partial charge is 0.240 e. The van der Waals surface area contributed by atoms with Crippen molar-refractivity contribution in [2.45, 2.75) is 32.3 Å². The largest absolute Gasteiger partial charge is 0.392 e. The topological polar surface area (TPSA) is 57.6 Å². The molecule has 2 atom stereocenters. The molecule has 2 rings (SSSR count). The summed E-state index contributed by atoms with van der Waals surface area (Å²) in [6, 6.07) is 8.85. The van der Waals surface area contributed by atoms with E-state index in [-0.39, 0.29) is 18.2 Å². The zero-order chi connectivity index (χ0) is 13.1. The number of carbonyl (C=O) groups excluding carboxylic acids is 2. The standard InChI is InChI=1S/C14H17NO3/c1-2-6-12(16)11-9-13(17)15(14(11)18)10-7-4-3-5-8-10/h3-5,7-8,11-12,16H,2,6,9H2,1H3/t11-,12+/m1/s1. The fourth-order valence-corrected chi connectivity index (χ4v) is 2.30. The first-order valence-electron chi connectivity index (χ1n) is 6.25. The zero-order valence-electron chi connectivity index (χ0n) is 10.4. The molecule has 1 aromatic carbocycles. The molecule has 1 heterocycles. The number of rotatable bonds is 4. The monoisotopic (exact) mass is 247 g/mol. The van der Waals surface area contributed by atoms with Gasteiger partial charge >= 0.3 is 0 Å². The van der Waals surface area contributed by atoms with E-state index >= 15 is 0 Å². The van der Waals surface area contributed by atoms with Crippen molar-refractivity contribution in [2.75, 3.05) is 4.90 Å². The second-order valence-corrected chi connectivity index (χ2v) is 4.57. The van der Waals surface area contributed by atoms with Crippen LogP contribution in [0.3, 0.4) is 0 Å². The predicted molar refractivity (Wildman–Crippen MR) is 68.0 cm³/mol. The van der Waals surface area contributed by atoms with Crippen molar-refractivity contribution < 1.29 is 14.7 Å². The van der Waals surface area contributed by atoms with E-state index < -0.39 is 12.0 Å². The number of carbonyl (C=O) groups is 2. The SMILES string of the molecule is CCC[C@H](O)[C@H]1CC(=O)N(c2ccccc2)C1=O. The number of anilines is 1. The van der Waals surface area contributed by atoms with Crippen molar-refractivity contribution in [3.05, 3.63) is 30.3 Å². The molecule has 1 aliphatic rings. The molecule has 18 heavy (non-hydrogen) atoms. The molecule has 0 aromatic heterocycles. The number of hydrogen-bond donors (Lipinski definition) is 1. The fourth-order valence-electron chi connectivity index (χ4n) is 2.30. The maximum atomic E-state index is 12.2. The van der Waals surface area contributed by atoms with Gasteiger partial charge < -0.3 is 5.11 Å². The summed E-state index contributed by atoms with van der Waals surface area (Å²) in [7, 11) is 0. The van der Waals surface area contributed by atoms with E-state index in [2.05, 4.69) is 0 Å². The highest BCUT2D eigenvalue weighted by Gasteiger charge is 2.42. The van der Waals surface area contributed by atoms with E-state index in [1.165, 1.54) is 4.90 Å². The van der Waals surface area contributed by atoms with Crippen LogP contribution in [0, 0.1) is 5.92 Å². The van der Waals surface area contributed by atoms with E-state index in [1.54, 1.807) is 24.3 Å². The van der Waals surface area contributed by atoms with Gasteiger partial charge in [0, 0.05) is 6.42 Å². The molecule has 1 aromatic rings. The average Bonchev–Trinajstić information content (AvgIpc) is 2.66. The van der Waals surface area contributed by atoms with Gasteiger partial charge in [-0.1, -0.05) is 31.5 Å². The highest BCUT2D eigenvalue weighted by atomic mass is 16.3. The quantitative estimate of drug-likeness (QED) is 0.824. The van der Waals surface area contributed by atoms with E-state index in [9.17, 15) is 14.7 Å². The Morgan fingerprint density at radius 2 is 2.00 bits per heavy atom. The third kappa shape index (κ3) is 2.29. The first-order valence-corrected chi connectivity index (χ1v) is 6.25. The van der Waals surface area contributed by atoms with Crippen LogP contribution in [0.25, 0.3) is 0 Å². The lowest BCUT2D eigenvalue weighted by Gasteiger charge is -2.17. The van der Waals surface area contributed by atoms with Crippen molar-refractivity contribution in [1.82, 2.24) is 0 Å². The Morgan fingerprint density at radius 3 is 2.61 bits per heavy atom. The maximum Gasteiger partial charge on any atom is 0.240 e. The second-order valence-electron chi connectivity index (χ2n) is 4.57. The van der Waals surface area contributed by atoms with Gasteiger partial charge in [-0.2, -0.15) is 0 Å². The molecular formula is C14H17NO3. The Morgan fingerprint density at radius 1 is 1.33 bits per heavy atom. The Hall–Kier alpha value is -1.68. The molecule has 1 aliphatic heterocycles. The van der Waals surface area contributed by atoms with Crippen LogP contribution in [-0.4, -0.2) is 23.0 Å². The van der Waals surface area contributed by atoms with Crippen LogP contribution in [0.2, 0.25) is 0 Å². The lowest BCUT2D eigenvalue weighted by molar-refractivity contribution is -0.124. The summed E-state index contributed by atoms with van der Waals surface area (Å²) < 4.78 is 0. The van der Waals surface area contributed by atoms with Gasteiger partial charge in [0.1, 0.15) is 0 Å². The molecule has 96 valence electrons. The normalized spacial score (nSPS) is 21.4. The number of aliphatic hydroxyl groups is 1. The number of aliphatic hydroxyl groups excluding tert-OH is 1. The summed E-state index contributed by atoms with van der Waals surface area (Å²) in [5, 5.41) is 9.90. The van der Waals surface area contributed by atoms with Gasteiger partial charge in [0.15, 0.2) is 0 Å². The summed E-state index contributed by atoms with van der Waals surface area (Å²) in [5.74, 6) is -1.10. The van der Waals surface area contributed by atoms with Crippen LogP contribution in [0.15, 0.2) is 30.3 Å². The Kier molecular flexibility index (Phi) is 3.77. The molecule has 1 fully saturated rings. The van der Waals surface area contributed by atoms with Gasteiger partial charge in [-0.15, -0.1) is 0 Å². The lowest BCUT2D eigenvalue weighted by Crippen LogP contribution is -2.33. The lowest BCUT2D eigenvalue weighted by atomic mass is 9.97. The van der Waals surface area contributed by atoms with Crippen LogP contribution in [0.4, 0.5) is 5.69 Å². The Labute approximate surface area is 106 Å². The fraction of sp³-hybridized carbons (Fsp3) is 0.429. The number of amides is 2. The molecule has 0 radical (unpaired) electrons. The van der Waals surface area contributed by atoms with Crippen LogP contribution in [0.1, 0.15) is 26.2 Å². The van der Waals surface area contributed by atoms with Gasteiger partial charge in [0.25, 0.3) is 0 Å².